The molecule has 0 saturated carbocycles. The Labute approximate surface area is 133 Å². The van der Waals surface area contributed by atoms with Gasteiger partial charge in [-0.2, -0.15) is 0 Å². The van der Waals surface area contributed by atoms with Gasteiger partial charge in [-0.1, -0.05) is 25.2 Å². The van der Waals surface area contributed by atoms with Crippen LogP contribution in [0.3, 0.4) is 0 Å². The maximum atomic E-state index is 11.7. The number of amides is 1. The molecule has 2 aromatic rings. The molecule has 0 aliphatic heterocycles. The molecule has 22 heavy (non-hydrogen) atoms. The molecule has 0 atom stereocenters. The first-order valence-corrected chi connectivity index (χ1v) is 7.71. The summed E-state index contributed by atoms with van der Waals surface area (Å²) in [5.74, 6) is 1.53. The Kier molecular flexibility index (Phi) is 5.32. The fourth-order valence-electron chi connectivity index (χ4n) is 1.90. The predicted octanol–water partition coefficient (Wildman–Crippen LogP) is 3.21. The van der Waals surface area contributed by atoms with E-state index in [-0.39, 0.29) is 5.91 Å². The highest BCUT2D eigenvalue weighted by atomic mass is 32.1. The van der Waals surface area contributed by atoms with E-state index in [9.17, 15) is 4.79 Å². The van der Waals surface area contributed by atoms with Gasteiger partial charge >= 0.3 is 0 Å². The van der Waals surface area contributed by atoms with Crippen molar-refractivity contribution in [2.45, 2.75) is 20.3 Å². The molecular weight excluding hydrogens is 302 g/mol. The molecule has 2 rings (SSSR count). The number of aromatic nitrogens is 2. The van der Waals surface area contributed by atoms with Crippen molar-refractivity contribution >= 4 is 22.4 Å². The number of carbonyl (C=O) groups excluding carboxylic acids is 1. The third-order valence-corrected chi connectivity index (χ3v) is 3.78. The summed E-state index contributed by atoms with van der Waals surface area (Å²) in [6.45, 7) is 3.99. The van der Waals surface area contributed by atoms with Crippen LogP contribution in [0.25, 0.3) is 10.6 Å². The quantitative estimate of drug-likeness (QED) is 0.884. The molecule has 1 heterocycles. The first kappa shape index (κ1) is 16.2. The second kappa shape index (κ2) is 7.22. The van der Waals surface area contributed by atoms with E-state index in [1.165, 1.54) is 11.3 Å². The van der Waals surface area contributed by atoms with Crippen molar-refractivity contribution in [3.63, 3.8) is 0 Å². The van der Waals surface area contributed by atoms with Gasteiger partial charge in [-0.05, 0) is 24.1 Å². The lowest BCUT2D eigenvalue weighted by Gasteiger charge is -2.07. The number of anilines is 1. The maximum Gasteiger partial charge on any atom is 0.226 e. The zero-order valence-electron chi connectivity index (χ0n) is 13.0. The van der Waals surface area contributed by atoms with Crippen molar-refractivity contribution in [1.82, 2.24) is 10.2 Å². The standard InChI is InChI=1S/C15H19N3O3S/c1-9(2)7-13(19)16-15-18-17-14(22-15)10-5-6-11(20-3)12(8-10)21-4/h5-6,8-9H,7H2,1-4H3,(H,16,18,19). The molecule has 6 nitrogen and oxygen atoms in total. The van der Waals surface area contributed by atoms with E-state index < -0.39 is 0 Å². The Morgan fingerprint density at radius 1 is 1.23 bits per heavy atom. The van der Waals surface area contributed by atoms with Crippen molar-refractivity contribution in [3.05, 3.63) is 18.2 Å². The summed E-state index contributed by atoms with van der Waals surface area (Å²) in [5, 5.41) is 12.1. The largest absolute Gasteiger partial charge is 0.493 e. The monoisotopic (exact) mass is 321 g/mol. The normalized spacial score (nSPS) is 10.6. The minimum atomic E-state index is -0.0509. The summed E-state index contributed by atoms with van der Waals surface area (Å²) < 4.78 is 10.5. The summed E-state index contributed by atoms with van der Waals surface area (Å²) in [6, 6.07) is 5.52. The molecule has 7 heteroatoms. The minimum Gasteiger partial charge on any atom is -0.493 e. The van der Waals surface area contributed by atoms with E-state index in [2.05, 4.69) is 15.5 Å². The maximum absolute atomic E-state index is 11.7. The first-order chi connectivity index (χ1) is 10.5. The number of nitrogens with zero attached hydrogens (tertiary/aromatic N) is 2. The molecule has 1 aromatic heterocycles. The summed E-state index contributed by atoms with van der Waals surface area (Å²) >= 11 is 1.32. The Hall–Kier alpha value is -2.15. The van der Waals surface area contributed by atoms with Gasteiger partial charge in [0, 0.05) is 12.0 Å². The van der Waals surface area contributed by atoms with Gasteiger partial charge in [0.25, 0.3) is 0 Å². The molecule has 1 N–H and O–H groups in total. The fourth-order valence-corrected chi connectivity index (χ4v) is 2.66. The van der Waals surface area contributed by atoms with Crippen molar-refractivity contribution in [3.8, 4) is 22.1 Å². The van der Waals surface area contributed by atoms with Gasteiger partial charge in [0.1, 0.15) is 5.01 Å². The van der Waals surface area contributed by atoms with Gasteiger partial charge in [-0.15, -0.1) is 10.2 Å². The van der Waals surface area contributed by atoms with Gasteiger partial charge in [-0.25, -0.2) is 0 Å². The zero-order chi connectivity index (χ0) is 16.1. The Morgan fingerprint density at radius 3 is 2.59 bits per heavy atom. The molecule has 0 saturated heterocycles. The van der Waals surface area contributed by atoms with Crippen LogP contribution < -0.4 is 14.8 Å². The minimum absolute atomic E-state index is 0.0509. The average Bonchev–Trinajstić information content (AvgIpc) is 2.93. The number of ether oxygens (including phenoxy) is 2. The lowest BCUT2D eigenvalue weighted by molar-refractivity contribution is -0.116. The second-order valence-corrected chi connectivity index (χ2v) is 6.11. The van der Waals surface area contributed by atoms with Gasteiger partial charge in [0.2, 0.25) is 11.0 Å². The Morgan fingerprint density at radius 2 is 1.95 bits per heavy atom. The number of hydrogen-bond acceptors (Lipinski definition) is 6. The summed E-state index contributed by atoms with van der Waals surface area (Å²) in [5.41, 5.74) is 0.861. The smallest absolute Gasteiger partial charge is 0.226 e. The van der Waals surface area contributed by atoms with E-state index in [0.29, 0.717) is 34.0 Å². The number of benzene rings is 1. The van der Waals surface area contributed by atoms with Crippen LogP contribution >= 0.6 is 11.3 Å². The molecule has 0 aliphatic rings. The van der Waals surface area contributed by atoms with E-state index in [0.717, 1.165) is 5.56 Å². The van der Waals surface area contributed by atoms with E-state index in [4.69, 9.17) is 9.47 Å². The van der Waals surface area contributed by atoms with Crippen LogP contribution in [0.5, 0.6) is 11.5 Å². The number of carbonyl (C=O) groups is 1. The predicted molar refractivity (Wildman–Crippen MR) is 86.5 cm³/mol. The van der Waals surface area contributed by atoms with Crippen LogP contribution in [0.1, 0.15) is 20.3 Å². The molecule has 118 valence electrons. The number of hydrogen-bond donors (Lipinski definition) is 1. The highest BCUT2D eigenvalue weighted by Crippen LogP contribution is 2.34. The van der Waals surface area contributed by atoms with E-state index >= 15 is 0 Å². The van der Waals surface area contributed by atoms with Crippen LogP contribution in [0.15, 0.2) is 18.2 Å². The Balaban J connectivity index is 2.16. The zero-order valence-corrected chi connectivity index (χ0v) is 13.9. The molecule has 0 unspecified atom stereocenters. The molecule has 1 amide bonds. The number of nitrogens with one attached hydrogen (secondary N) is 1. The van der Waals surface area contributed by atoms with Crippen LogP contribution in [0.2, 0.25) is 0 Å². The summed E-state index contributed by atoms with van der Waals surface area (Å²) in [4.78, 5) is 11.7. The van der Waals surface area contributed by atoms with Gasteiger partial charge in [0.05, 0.1) is 14.2 Å². The van der Waals surface area contributed by atoms with Crippen LogP contribution in [-0.4, -0.2) is 30.3 Å². The fraction of sp³-hybridized carbons (Fsp3) is 0.400. The van der Waals surface area contributed by atoms with Gasteiger partial charge in [0.15, 0.2) is 11.5 Å². The van der Waals surface area contributed by atoms with Crippen molar-refractivity contribution < 1.29 is 14.3 Å². The average molecular weight is 321 g/mol. The van der Waals surface area contributed by atoms with Crippen molar-refractivity contribution in [1.29, 1.82) is 0 Å². The van der Waals surface area contributed by atoms with Crippen LogP contribution in [-0.2, 0) is 4.79 Å². The van der Waals surface area contributed by atoms with Gasteiger partial charge < -0.3 is 14.8 Å². The first-order valence-electron chi connectivity index (χ1n) is 6.89. The lowest BCUT2D eigenvalue weighted by Crippen LogP contribution is -2.13. The summed E-state index contributed by atoms with van der Waals surface area (Å²) in [7, 11) is 3.17. The molecule has 0 bridgehead atoms. The third-order valence-electron chi connectivity index (χ3n) is 2.90. The topological polar surface area (TPSA) is 73.3 Å². The molecule has 0 spiro atoms. The highest BCUT2D eigenvalue weighted by molar-refractivity contribution is 7.18. The highest BCUT2D eigenvalue weighted by Gasteiger charge is 2.13. The Bertz CT molecular complexity index is 655. The lowest BCUT2D eigenvalue weighted by atomic mass is 10.1. The van der Waals surface area contributed by atoms with Crippen molar-refractivity contribution in [2.24, 2.45) is 5.92 Å². The third kappa shape index (κ3) is 3.94. The molecule has 0 fully saturated rings. The SMILES string of the molecule is COc1ccc(-c2nnc(NC(=O)CC(C)C)s2)cc1OC. The molecular formula is C15H19N3O3S. The molecule has 0 radical (unpaired) electrons. The van der Waals surface area contributed by atoms with E-state index in [1.54, 1.807) is 14.2 Å². The molecule has 1 aromatic carbocycles. The number of methoxy groups -OCH3 is 2. The van der Waals surface area contributed by atoms with Crippen molar-refractivity contribution in [2.75, 3.05) is 19.5 Å². The van der Waals surface area contributed by atoms with Crippen LogP contribution in [0.4, 0.5) is 5.13 Å². The molecule has 0 aliphatic carbocycles. The van der Waals surface area contributed by atoms with Gasteiger partial charge in [-0.3, -0.25) is 4.79 Å². The van der Waals surface area contributed by atoms with E-state index in [1.807, 2.05) is 32.0 Å². The summed E-state index contributed by atoms with van der Waals surface area (Å²) in [6.07, 6.45) is 0.464. The number of rotatable bonds is 6. The second-order valence-electron chi connectivity index (χ2n) is 5.13. The van der Waals surface area contributed by atoms with Crippen LogP contribution in [0, 0.1) is 5.92 Å².